The van der Waals surface area contributed by atoms with Crippen LogP contribution >= 0.6 is 16.5 Å². The lowest BCUT2D eigenvalue weighted by Gasteiger charge is -2.43. The second-order valence-electron chi connectivity index (χ2n) is 6.16. The molecule has 2 unspecified atom stereocenters. The predicted octanol–water partition coefficient (Wildman–Crippen LogP) is -0.672. The average molecular weight is 433 g/mol. The maximum Gasteiger partial charge on any atom is 0.696 e. The van der Waals surface area contributed by atoms with E-state index in [1.165, 1.54) is 28.8 Å². The Morgan fingerprint density at radius 1 is 0.889 bits per heavy atom. The maximum absolute atomic E-state index is 11.2. The van der Waals surface area contributed by atoms with E-state index in [1.807, 2.05) is 0 Å². The van der Waals surface area contributed by atoms with Crippen molar-refractivity contribution in [3.05, 3.63) is 0 Å². The van der Waals surface area contributed by atoms with Gasteiger partial charge in [-0.05, 0) is 21.0 Å². The largest absolute Gasteiger partial charge is 0.696 e. The van der Waals surface area contributed by atoms with Crippen molar-refractivity contribution in [1.29, 1.82) is 0 Å². The smallest absolute Gasteiger partial charge is 0.480 e. The van der Waals surface area contributed by atoms with Crippen LogP contribution in [0.15, 0.2) is 0 Å². The monoisotopic (exact) mass is 433 g/mol. The highest BCUT2D eigenvalue weighted by Gasteiger charge is 2.37. The lowest BCUT2D eigenvalue weighted by atomic mass is 9.98. The number of likely N-dealkylation sites (N-methyl/N-ethyl adjacent to an activating group) is 2. The molecule has 13 nitrogen and oxygen atoms in total. The van der Waals surface area contributed by atoms with Gasteiger partial charge in [-0.3, -0.25) is 24.3 Å². The van der Waals surface area contributed by atoms with Gasteiger partial charge in [0.1, 0.15) is 0 Å². The number of hydrogen-bond acceptors (Lipinski definition) is 9. The third kappa shape index (κ3) is 12.0. The predicted molar refractivity (Wildman–Crippen MR) is 92.1 cm³/mol. The summed E-state index contributed by atoms with van der Waals surface area (Å²) in [5.74, 6) is -2.48. The fourth-order valence-corrected chi connectivity index (χ4v) is 3.16. The summed E-state index contributed by atoms with van der Waals surface area (Å²) in [6.45, 7) is 0.0713. The van der Waals surface area contributed by atoms with Crippen molar-refractivity contribution in [2.75, 3.05) is 53.7 Å². The van der Waals surface area contributed by atoms with Gasteiger partial charge >= 0.3 is 28.4 Å². The van der Waals surface area contributed by atoms with Gasteiger partial charge in [0, 0.05) is 27.8 Å². The van der Waals surface area contributed by atoms with E-state index in [0.29, 0.717) is 0 Å². The summed E-state index contributed by atoms with van der Waals surface area (Å²) in [6.07, 6.45) is 0. The van der Waals surface area contributed by atoms with E-state index >= 15 is 0 Å². The van der Waals surface area contributed by atoms with Gasteiger partial charge in [-0.25, -0.2) is 0 Å². The molecule has 0 fully saturated rings. The first-order chi connectivity index (χ1) is 12.4. The number of carboxylic acids is 2. The summed E-state index contributed by atoms with van der Waals surface area (Å²) in [5, 5.41) is 18.3. The second-order valence-corrected chi connectivity index (χ2v) is 7.63. The lowest BCUT2D eigenvalue weighted by Crippen LogP contribution is -2.61. The minimum Gasteiger partial charge on any atom is -0.480 e. The van der Waals surface area contributed by atoms with E-state index < -0.39 is 47.1 Å². The zero-order valence-electron chi connectivity index (χ0n) is 15.2. The number of carboxylic acid groups (broad SMARTS) is 2. The molecule has 0 rings (SSSR count). The maximum atomic E-state index is 11.2. The first kappa shape index (κ1) is 25.9. The zero-order valence-corrected chi connectivity index (χ0v) is 17.0. The van der Waals surface area contributed by atoms with Gasteiger partial charge in [0.15, 0.2) is 13.5 Å². The Labute approximate surface area is 158 Å². The Morgan fingerprint density at radius 3 is 1.48 bits per heavy atom. The van der Waals surface area contributed by atoms with Crippen molar-refractivity contribution in [2.45, 2.75) is 12.5 Å². The van der Waals surface area contributed by atoms with E-state index in [4.69, 9.17) is 20.0 Å². The van der Waals surface area contributed by atoms with Crippen molar-refractivity contribution in [2.24, 2.45) is 0 Å². The molecule has 156 valence electrons. The van der Waals surface area contributed by atoms with Crippen LogP contribution in [0.1, 0.15) is 6.92 Å². The molecule has 15 heteroatoms. The zero-order chi connectivity index (χ0) is 21.2. The molecule has 0 heterocycles. The van der Waals surface area contributed by atoms with E-state index in [1.54, 1.807) is 6.92 Å². The van der Waals surface area contributed by atoms with Gasteiger partial charge in [-0.2, -0.15) is 0 Å². The Kier molecular flexibility index (Phi) is 11.8. The third-order valence-electron chi connectivity index (χ3n) is 3.41. The molecule has 0 aliphatic carbocycles. The van der Waals surface area contributed by atoms with Crippen LogP contribution in [-0.4, -0.2) is 106 Å². The number of carbonyl (C=O) groups is 2. The van der Waals surface area contributed by atoms with Crippen LogP contribution in [-0.2, 0) is 27.8 Å². The number of rotatable bonds is 15. The van der Waals surface area contributed by atoms with Crippen molar-refractivity contribution in [3.63, 3.8) is 0 Å². The van der Waals surface area contributed by atoms with Gasteiger partial charge in [-0.15, -0.1) is 18.8 Å². The molecule has 0 bridgehead atoms. The van der Waals surface area contributed by atoms with Crippen molar-refractivity contribution in [3.8, 4) is 0 Å². The molecule has 0 amide bonds. The fourth-order valence-electron chi connectivity index (χ4n) is 2.56. The van der Waals surface area contributed by atoms with E-state index in [2.05, 4.69) is 9.05 Å². The standard InChI is InChI=1S/C12H23N3O10P2/c1-12(6-13(2)8-24-26(20)21,7-14(3)9-25-27(22)23)15(4-10(16)17)5-11(18)19/h4-9H2,1-3H3,(H2-2,16,17,18,19,20,21,22,23)/p+2. The Bertz CT molecular complexity index is 508. The van der Waals surface area contributed by atoms with Crippen molar-refractivity contribution >= 4 is 28.4 Å². The second kappa shape index (κ2) is 12.3. The number of hydrogen-bond donors (Lipinski definition) is 4. The summed E-state index contributed by atoms with van der Waals surface area (Å²) >= 11 is 0. The molecule has 0 spiro atoms. The molecule has 2 atom stereocenters. The van der Waals surface area contributed by atoms with Gasteiger partial charge < -0.3 is 10.2 Å². The first-order valence-corrected chi connectivity index (χ1v) is 9.75. The minimum atomic E-state index is -2.83. The molecule has 0 saturated heterocycles. The van der Waals surface area contributed by atoms with Gasteiger partial charge in [0.25, 0.3) is 0 Å². The van der Waals surface area contributed by atoms with Crippen molar-refractivity contribution < 1.29 is 47.8 Å². The lowest BCUT2D eigenvalue weighted by molar-refractivity contribution is -0.145. The summed E-state index contributed by atoms with van der Waals surface area (Å²) in [5.41, 5.74) is -1.09. The quantitative estimate of drug-likeness (QED) is 0.189. The Hall–Kier alpha value is -1.14. The highest BCUT2D eigenvalue weighted by Crippen LogP contribution is 2.21. The van der Waals surface area contributed by atoms with Gasteiger partial charge in [-0.1, -0.05) is 0 Å². The summed E-state index contributed by atoms with van der Waals surface area (Å²) in [7, 11) is -2.58. The Balaban J connectivity index is 5.44. The van der Waals surface area contributed by atoms with Crippen LogP contribution in [0.3, 0.4) is 0 Å². The highest BCUT2D eigenvalue weighted by atomic mass is 31.1. The molecule has 0 aromatic heterocycles. The molecule has 0 aromatic rings. The van der Waals surface area contributed by atoms with E-state index in [0.717, 1.165) is 0 Å². The number of nitrogens with zero attached hydrogens (tertiary/aromatic N) is 3. The molecule has 0 saturated carbocycles. The molecular weight excluding hydrogens is 408 g/mol. The van der Waals surface area contributed by atoms with Crippen LogP contribution in [0.25, 0.3) is 0 Å². The van der Waals surface area contributed by atoms with E-state index in [-0.39, 0.29) is 26.6 Å². The van der Waals surface area contributed by atoms with Gasteiger partial charge in [0.05, 0.1) is 13.1 Å². The average Bonchev–Trinajstić information content (AvgIpc) is 2.49. The summed E-state index contributed by atoms with van der Waals surface area (Å²) in [6, 6.07) is 0. The molecule has 4 N–H and O–H groups in total. The highest BCUT2D eigenvalue weighted by molar-refractivity contribution is 7.32. The van der Waals surface area contributed by atoms with Crippen LogP contribution < -0.4 is 0 Å². The fraction of sp³-hybridized carbons (Fsp3) is 0.833. The van der Waals surface area contributed by atoms with Gasteiger partial charge in [0.2, 0.25) is 0 Å². The summed E-state index contributed by atoms with van der Waals surface area (Å²) in [4.78, 5) is 44.0. The SMILES string of the molecule is CN(CO[P+](=O)O)CC(C)(CN(C)CO[P+](=O)O)N(CC(=O)O)CC(=O)O. The van der Waals surface area contributed by atoms with Crippen LogP contribution in [0.5, 0.6) is 0 Å². The van der Waals surface area contributed by atoms with Crippen LogP contribution in [0, 0.1) is 0 Å². The molecule has 27 heavy (non-hydrogen) atoms. The van der Waals surface area contributed by atoms with Crippen molar-refractivity contribution in [1.82, 2.24) is 14.7 Å². The normalized spacial score (nSPS) is 15.1. The molecule has 0 aromatic carbocycles. The molecule has 0 radical (unpaired) electrons. The Morgan fingerprint density at radius 2 is 1.22 bits per heavy atom. The third-order valence-corrected chi connectivity index (χ3v) is 4.09. The van der Waals surface area contributed by atoms with E-state index in [9.17, 15) is 18.7 Å². The van der Waals surface area contributed by atoms with Crippen LogP contribution in [0.2, 0.25) is 0 Å². The molecular formula is C12H25N3O10P2+2. The summed E-state index contributed by atoms with van der Waals surface area (Å²) < 4.78 is 30.6. The minimum absolute atomic E-state index is 0.0618. The molecule has 0 aliphatic heterocycles. The number of aliphatic carboxylic acids is 2. The topological polar surface area (TPSA) is 177 Å². The first-order valence-electron chi connectivity index (χ1n) is 7.49. The van der Waals surface area contributed by atoms with Crippen LogP contribution in [0.4, 0.5) is 0 Å². The molecule has 0 aliphatic rings.